The smallest absolute Gasteiger partial charge is 0.165 e. The maximum Gasteiger partial charge on any atom is 0.165 e. The highest BCUT2D eigenvalue weighted by Gasteiger charge is 2.42. The van der Waals surface area contributed by atoms with E-state index in [0.717, 1.165) is 0 Å². The van der Waals surface area contributed by atoms with E-state index in [0.29, 0.717) is 17.5 Å². The van der Waals surface area contributed by atoms with Gasteiger partial charge in [0.05, 0.1) is 0 Å². The van der Waals surface area contributed by atoms with Crippen LogP contribution in [-0.4, -0.2) is 5.11 Å². The van der Waals surface area contributed by atoms with Crippen molar-refractivity contribution >= 4 is 0 Å². The van der Waals surface area contributed by atoms with Crippen molar-refractivity contribution in [3.8, 4) is 0 Å². The van der Waals surface area contributed by atoms with Gasteiger partial charge in [-0.05, 0) is 42.5 Å². The second-order valence-corrected chi connectivity index (χ2v) is 5.18. The first kappa shape index (κ1) is 13.2. The van der Waals surface area contributed by atoms with Crippen LogP contribution in [0.3, 0.4) is 0 Å². The number of aryl methyl sites for hydroxylation is 1. The predicted molar refractivity (Wildman–Crippen MR) is 68.8 cm³/mol. The second kappa shape index (κ2) is 4.35. The van der Waals surface area contributed by atoms with Crippen molar-refractivity contribution in [2.45, 2.75) is 25.4 Å². The van der Waals surface area contributed by atoms with Crippen molar-refractivity contribution in [1.82, 2.24) is 0 Å². The Kier molecular flexibility index (Phi) is 2.87. The molecule has 0 bridgehead atoms. The van der Waals surface area contributed by atoms with Crippen molar-refractivity contribution in [3.63, 3.8) is 0 Å². The largest absolute Gasteiger partial charge is 0.380 e. The monoisotopic (exact) mass is 278 g/mol. The average Bonchev–Trinajstić information content (AvgIpc) is 2.76. The molecule has 0 fully saturated rings. The van der Waals surface area contributed by atoms with E-state index in [-0.39, 0.29) is 17.5 Å². The molecule has 1 atom stereocenters. The summed E-state index contributed by atoms with van der Waals surface area (Å²) in [5, 5.41) is 10.8. The van der Waals surface area contributed by atoms with Gasteiger partial charge >= 0.3 is 0 Å². The van der Waals surface area contributed by atoms with Crippen LogP contribution in [0.1, 0.15) is 28.7 Å². The molecule has 1 unspecified atom stereocenters. The van der Waals surface area contributed by atoms with Crippen LogP contribution in [0.5, 0.6) is 0 Å². The first-order chi connectivity index (χ1) is 9.45. The molecule has 3 rings (SSSR count). The molecule has 0 aromatic heterocycles. The van der Waals surface area contributed by atoms with Gasteiger partial charge in [0.25, 0.3) is 0 Å². The Balaban J connectivity index is 2.22. The van der Waals surface area contributed by atoms with Crippen LogP contribution < -0.4 is 0 Å². The Hall–Kier alpha value is -1.81. The maximum absolute atomic E-state index is 14.1. The van der Waals surface area contributed by atoms with Gasteiger partial charge in [0.1, 0.15) is 11.4 Å². The molecule has 1 nitrogen and oxygen atoms in total. The molecule has 0 radical (unpaired) electrons. The quantitative estimate of drug-likeness (QED) is 0.845. The molecule has 0 aliphatic heterocycles. The summed E-state index contributed by atoms with van der Waals surface area (Å²) < 4.78 is 41.5. The molecule has 2 aromatic rings. The van der Waals surface area contributed by atoms with E-state index < -0.39 is 23.1 Å². The first-order valence-corrected chi connectivity index (χ1v) is 6.40. The first-order valence-electron chi connectivity index (χ1n) is 6.40. The summed E-state index contributed by atoms with van der Waals surface area (Å²) in [7, 11) is 0. The van der Waals surface area contributed by atoms with E-state index in [1.165, 1.54) is 31.2 Å². The van der Waals surface area contributed by atoms with Crippen LogP contribution in [0.2, 0.25) is 0 Å². The summed E-state index contributed by atoms with van der Waals surface area (Å²) in [4.78, 5) is 0. The van der Waals surface area contributed by atoms with Crippen molar-refractivity contribution in [2.75, 3.05) is 0 Å². The molecule has 0 saturated heterocycles. The molecule has 1 aliphatic carbocycles. The third kappa shape index (κ3) is 1.68. The fourth-order valence-electron chi connectivity index (χ4n) is 2.89. The van der Waals surface area contributed by atoms with Crippen LogP contribution >= 0.6 is 0 Å². The van der Waals surface area contributed by atoms with Gasteiger partial charge < -0.3 is 5.11 Å². The zero-order valence-electron chi connectivity index (χ0n) is 10.9. The summed E-state index contributed by atoms with van der Waals surface area (Å²) in [6, 6.07) is 7.11. The summed E-state index contributed by atoms with van der Waals surface area (Å²) in [6.07, 6.45) is 0.441. The van der Waals surface area contributed by atoms with E-state index in [1.807, 2.05) is 0 Å². The highest BCUT2D eigenvalue weighted by atomic mass is 19.2. The standard InChI is InChI=1S/C16H13F3O/c1-9-5-6-12(15(19)14(9)18)16(20)8-7-10-11(16)3-2-4-13(10)17/h2-6,20H,7-8H2,1H3. The predicted octanol–water partition coefficient (Wildman–Crippen LogP) is 3.59. The molecule has 0 amide bonds. The summed E-state index contributed by atoms with van der Waals surface area (Å²) >= 11 is 0. The Morgan fingerprint density at radius 2 is 1.75 bits per heavy atom. The summed E-state index contributed by atoms with van der Waals surface area (Å²) in [6.45, 7) is 1.45. The fourth-order valence-corrected chi connectivity index (χ4v) is 2.89. The average molecular weight is 278 g/mol. The van der Waals surface area contributed by atoms with Crippen molar-refractivity contribution in [1.29, 1.82) is 0 Å². The van der Waals surface area contributed by atoms with Crippen LogP contribution in [0.25, 0.3) is 0 Å². The van der Waals surface area contributed by atoms with E-state index in [1.54, 1.807) is 6.07 Å². The number of fused-ring (bicyclic) bond motifs is 1. The number of hydrogen-bond acceptors (Lipinski definition) is 1. The molecule has 1 aliphatic rings. The molecule has 104 valence electrons. The number of halogens is 3. The lowest BCUT2D eigenvalue weighted by atomic mass is 9.87. The van der Waals surface area contributed by atoms with E-state index in [9.17, 15) is 18.3 Å². The lowest BCUT2D eigenvalue weighted by Crippen LogP contribution is -2.26. The number of rotatable bonds is 1. The van der Waals surface area contributed by atoms with Crippen LogP contribution in [0, 0.1) is 24.4 Å². The van der Waals surface area contributed by atoms with Crippen LogP contribution in [0.15, 0.2) is 30.3 Å². The highest BCUT2D eigenvalue weighted by Crippen LogP contribution is 2.44. The lowest BCUT2D eigenvalue weighted by molar-refractivity contribution is 0.0780. The zero-order valence-corrected chi connectivity index (χ0v) is 10.9. The highest BCUT2D eigenvalue weighted by molar-refractivity contribution is 5.46. The maximum atomic E-state index is 14.1. The van der Waals surface area contributed by atoms with Crippen molar-refractivity contribution < 1.29 is 18.3 Å². The minimum Gasteiger partial charge on any atom is -0.380 e. The summed E-state index contributed by atoms with van der Waals surface area (Å²) in [5.74, 6) is -2.46. The van der Waals surface area contributed by atoms with Gasteiger partial charge in [-0.15, -0.1) is 0 Å². The molecule has 0 saturated carbocycles. The van der Waals surface area contributed by atoms with Gasteiger partial charge in [0.15, 0.2) is 11.6 Å². The number of hydrogen-bond donors (Lipinski definition) is 1. The third-order valence-electron chi connectivity index (χ3n) is 4.02. The normalized spacial score (nSPS) is 21.1. The third-order valence-corrected chi connectivity index (χ3v) is 4.02. The molecule has 1 N–H and O–H groups in total. The lowest BCUT2D eigenvalue weighted by Gasteiger charge is -2.25. The van der Waals surface area contributed by atoms with Crippen LogP contribution in [0.4, 0.5) is 13.2 Å². The number of benzene rings is 2. The summed E-state index contributed by atoms with van der Waals surface area (Å²) in [5.41, 5.74) is -0.942. The Morgan fingerprint density at radius 1 is 1.00 bits per heavy atom. The Labute approximate surface area is 114 Å². The van der Waals surface area contributed by atoms with E-state index in [2.05, 4.69) is 0 Å². The minimum absolute atomic E-state index is 0.134. The molecule has 4 heteroatoms. The Bertz CT molecular complexity index is 696. The van der Waals surface area contributed by atoms with Crippen LogP contribution in [-0.2, 0) is 12.0 Å². The SMILES string of the molecule is Cc1ccc(C2(O)CCc3c(F)cccc32)c(F)c1F. The van der Waals surface area contributed by atoms with Gasteiger partial charge in [-0.1, -0.05) is 24.3 Å². The van der Waals surface area contributed by atoms with Gasteiger partial charge in [-0.25, -0.2) is 13.2 Å². The molecule has 2 aromatic carbocycles. The number of aliphatic hydroxyl groups is 1. The molecule has 20 heavy (non-hydrogen) atoms. The van der Waals surface area contributed by atoms with Gasteiger partial charge in [0, 0.05) is 5.56 Å². The topological polar surface area (TPSA) is 20.2 Å². The van der Waals surface area contributed by atoms with Gasteiger partial charge in [-0.2, -0.15) is 0 Å². The van der Waals surface area contributed by atoms with Gasteiger partial charge in [0.2, 0.25) is 0 Å². The zero-order chi connectivity index (χ0) is 14.5. The molecular formula is C16H13F3O. The molecular weight excluding hydrogens is 265 g/mol. The van der Waals surface area contributed by atoms with Crippen molar-refractivity contribution in [3.05, 3.63) is 70.0 Å². The van der Waals surface area contributed by atoms with E-state index in [4.69, 9.17) is 0 Å². The molecule has 0 heterocycles. The Morgan fingerprint density at radius 3 is 2.50 bits per heavy atom. The van der Waals surface area contributed by atoms with Gasteiger partial charge in [-0.3, -0.25) is 0 Å². The van der Waals surface area contributed by atoms with E-state index >= 15 is 0 Å². The molecule has 0 spiro atoms. The second-order valence-electron chi connectivity index (χ2n) is 5.18. The minimum atomic E-state index is -1.67. The fraction of sp³-hybridized carbons (Fsp3) is 0.250. The van der Waals surface area contributed by atoms with Crippen molar-refractivity contribution in [2.24, 2.45) is 0 Å².